The second-order valence-corrected chi connectivity index (χ2v) is 2.61. The van der Waals surface area contributed by atoms with Crippen molar-refractivity contribution in [1.82, 2.24) is 9.97 Å². The van der Waals surface area contributed by atoms with Crippen LogP contribution in [-0.2, 0) is 4.79 Å². The van der Waals surface area contributed by atoms with Gasteiger partial charge in [-0.15, -0.1) is 0 Å². The molecule has 0 aliphatic carbocycles. The third-order valence-corrected chi connectivity index (χ3v) is 1.34. The van der Waals surface area contributed by atoms with Gasteiger partial charge in [-0.25, -0.2) is 9.59 Å². The van der Waals surface area contributed by atoms with Crippen LogP contribution in [0.5, 0.6) is 5.75 Å². The third-order valence-electron chi connectivity index (χ3n) is 1.34. The minimum atomic E-state index is -0.761. The van der Waals surface area contributed by atoms with Crippen molar-refractivity contribution in [1.29, 1.82) is 0 Å². The SMILES string of the molecule is C=C(C)C(=O)Oc1c[nH]c(=O)[nH]c1=O. The standard InChI is InChI=1S/C8H8N2O4/c1-4(2)7(12)14-5-3-9-8(13)10-6(5)11/h3H,1H2,2H3,(H2,9,10,11,13). The van der Waals surface area contributed by atoms with E-state index in [0.29, 0.717) is 0 Å². The first-order chi connectivity index (χ1) is 6.50. The number of rotatable bonds is 2. The van der Waals surface area contributed by atoms with Gasteiger partial charge in [0.2, 0.25) is 5.75 Å². The molecule has 6 nitrogen and oxygen atoms in total. The molecule has 0 saturated heterocycles. The molecular formula is C8H8N2O4. The molecule has 1 heterocycles. The van der Waals surface area contributed by atoms with Gasteiger partial charge in [-0.3, -0.25) is 9.78 Å². The lowest BCUT2D eigenvalue weighted by atomic mass is 10.4. The van der Waals surface area contributed by atoms with Gasteiger partial charge in [-0.1, -0.05) is 6.58 Å². The fourth-order valence-corrected chi connectivity index (χ4v) is 0.660. The molecule has 0 radical (unpaired) electrons. The number of carbonyl (C=O) groups excluding carboxylic acids is 1. The van der Waals surface area contributed by atoms with Crippen LogP contribution in [0.1, 0.15) is 6.92 Å². The third kappa shape index (κ3) is 2.19. The van der Waals surface area contributed by atoms with E-state index in [2.05, 4.69) is 16.3 Å². The van der Waals surface area contributed by atoms with Crippen LogP contribution in [0.3, 0.4) is 0 Å². The maximum absolute atomic E-state index is 11.0. The average Bonchev–Trinajstić information content (AvgIpc) is 2.09. The maximum Gasteiger partial charge on any atom is 0.338 e. The number of aromatic amines is 2. The van der Waals surface area contributed by atoms with Crippen molar-refractivity contribution in [3.63, 3.8) is 0 Å². The van der Waals surface area contributed by atoms with Crippen molar-refractivity contribution in [2.75, 3.05) is 0 Å². The molecule has 14 heavy (non-hydrogen) atoms. The van der Waals surface area contributed by atoms with Gasteiger partial charge in [-0.2, -0.15) is 0 Å². The Bertz CT molecular complexity index is 483. The molecule has 0 unspecified atom stereocenters. The average molecular weight is 196 g/mol. The van der Waals surface area contributed by atoms with Gasteiger partial charge in [-0.05, 0) is 6.92 Å². The van der Waals surface area contributed by atoms with Crippen molar-refractivity contribution < 1.29 is 9.53 Å². The number of nitrogens with one attached hydrogen (secondary N) is 2. The molecule has 1 aromatic rings. The molecule has 1 rings (SSSR count). The zero-order valence-electron chi connectivity index (χ0n) is 7.42. The largest absolute Gasteiger partial charge is 0.416 e. The highest BCUT2D eigenvalue weighted by Gasteiger charge is 2.08. The van der Waals surface area contributed by atoms with Crippen molar-refractivity contribution in [3.8, 4) is 5.75 Å². The number of ether oxygens (including phenoxy) is 1. The van der Waals surface area contributed by atoms with E-state index in [-0.39, 0.29) is 11.3 Å². The van der Waals surface area contributed by atoms with Crippen LogP contribution in [0.15, 0.2) is 27.9 Å². The van der Waals surface area contributed by atoms with Crippen molar-refractivity contribution >= 4 is 5.97 Å². The van der Waals surface area contributed by atoms with Crippen LogP contribution in [-0.4, -0.2) is 15.9 Å². The van der Waals surface area contributed by atoms with Crippen molar-refractivity contribution in [2.45, 2.75) is 6.92 Å². The molecule has 0 atom stereocenters. The number of esters is 1. The Morgan fingerprint density at radius 3 is 2.64 bits per heavy atom. The summed E-state index contributed by atoms with van der Waals surface area (Å²) in [6.45, 7) is 4.79. The summed E-state index contributed by atoms with van der Waals surface area (Å²) < 4.78 is 4.61. The molecule has 0 aliphatic rings. The van der Waals surface area contributed by atoms with E-state index in [9.17, 15) is 14.4 Å². The molecule has 0 bridgehead atoms. The normalized spacial score (nSPS) is 9.50. The molecule has 0 fully saturated rings. The monoisotopic (exact) mass is 196 g/mol. The first kappa shape index (κ1) is 9.97. The first-order valence-corrected chi connectivity index (χ1v) is 3.70. The van der Waals surface area contributed by atoms with Crippen LogP contribution in [0.25, 0.3) is 0 Å². The summed E-state index contributed by atoms with van der Waals surface area (Å²) in [5, 5.41) is 0. The van der Waals surface area contributed by atoms with Crippen LogP contribution >= 0.6 is 0 Å². The van der Waals surface area contributed by atoms with Gasteiger partial charge in [0.15, 0.2) is 0 Å². The zero-order valence-corrected chi connectivity index (χ0v) is 7.42. The molecule has 0 aromatic carbocycles. The lowest BCUT2D eigenvalue weighted by Gasteiger charge is -2.00. The summed E-state index contributed by atoms with van der Waals surface area (Å²) >= 11 is 0. The van der Waals surface area contributed by atoms with Crippen LogP contribution < -0.4 is 16.0 Å². The van der Waals surface area contributed by atoms with E-state index < -0.39 is 17.2 Å². The lowest BCUT2D eigenvalue weighted by molar-refractivity contribution is -0.130. The predicted octanol–water partition coefficient (Wildman–Crippen LogP) is -0.455. The Morgan fingerprint density at radius 1 is 1.50 bits per heavy atom. The van der Waals surface area contributed by atoms with Crippen LogP contribution in [0, 0.1) is 0 Å². The highest BCUT2D eigenvalue weighted by molar-refractivity contribution is 5.88. The Balaban J connectivity index is 2.99. The van der Waals surface area contributed by atoms with Crippen molar-refractivity contribution in [2.24, 2.45) is 0 Å². The summed E-state index contributed by atoms with van der Waals surface area (Å²) in [6.07, 6.45) is 1.02. The number of aromatic nitrogens is 2. The molecule has 2 N–H and O–H groups in total. The highest BCUT2D eigenvalue weighted by atomic mass is 16.5. The van der Waals surface area contributed by atoms with E-state index in [0.717, 1.165) is 6.20 Å². The Morgan fingerprint density at radius 2 is 2.14 bits per heavy atom. The number of hydrogen-bond acceptors (Lipinski definition) is 4. The molecule has 0 spiro atoms. The second kappa shape index (κ2) is 3.73. The molecule has 74 valence electrons. The zero-order chi connectivity index (χ0) is 10.7. The summed E-state index contributed by atoms with van der Waals surface area (Å²) in [5.74, 6) is -0.986. The van der Waals surface area contributed by atoms with E-state index >= 15 is 0 Å². The molecule has 0 aliphatic heterocycles. The first-order valence-electron chi connectivity index (χ1n) is 3.70. The molecule has 1 aromatic heterocycles. The molecule has 6 heteroatoms. The quantitative estimate of drug-likeness (QED) is 0.494. The van der Waals surface area contributed by atoms with E-state index in [1.807, 2.05) is 4.98 Å². The molecule has 0 amide bonds. The van der Waals surface area contributed by atoms with Crippen LogP contribution in [0.4, 0.5) is 0 Å². The Kier molecular flexibility index (Phi) is 2.66. The number of carbonyl (C=O) groups is 1. The smallest absolute Gasteiger partial charge is 0.338 e. The van der Waals surface area contributed by atoms with Gasteiger partial charge in [0.05, 0.1) is 6.20 Å². The van der Waals surface area contributed by atoms with E-state index in [1.165, 1.54) is 6.92 Å². The fourth-order valence-electron chi connectivity index (χ4n) is 0.660. The molecule has 0 saturated carbocycles. The Hall–Kier alpha value is -2.11. The second-order valence-electron chi connectivity index (χ2n) is 2.61. The van der Waals surface area contributed by atoms with Gasteiger partial charge in [0.25, 0.3) is 5.56 Å². The topological polar surface area (TPSA) is 92.0 Å². The molecular weight excluding hydrogens is 188 g/mol. The summed E-state index contributed by atoms with van der Waals surface area (Å²) in [5.41, 5.74) is -1.26. The lowest BCUT2D eigenvalue weighted by Crippen LogP contribution is -2.24. The summed E-state index contributed by atoms with van der Waals surface area (Å²) in [7, 11) is 0. The fraction of sp³-hybridized carbons (Fsp3) is 0.125. The summed E-state index contributed by atoms with van der Waals surface area (Å²) in [6, 6.07) is 0. The Labute approximate surface area is 78.2 Å². The van der Waals surface area contributed by atoms with Crippen molar-refractivity contribution in [3.05, 3.63) is 39.2 Å². The highest BCUT2D eigenvalue weighted by Crippen LogP contribution is 2.00. The number of H-pyrrole nitrogens is 2. The van der Waals surface area contributed by atoms with Gasteiger partial charge >= 0.3 is 11.7 Å². The predicted molar refractivity (Wildman–Crippen MR) is 48.1 cm³/mol. The van der Waals surface area contributed by atoms with E-state index in [1.54, 1.807) is 0 Å². The van der Waals surface area contributed by atoms with E-state index in [4.69, 9.17) is 0 Å². The van der Waals surface area contributed by atoms with Gasteiger partial charge in [0.1, 0.15) is 0 Å². The minimum Gasteiger partial charge on any atom is -0.416 e. The van der Waals surface area contributed by atoms with Crippen LogP contribution in [0.2, 0.25) is 0 Å². The maximum atomic E-state index is 11.0. The number of hydrogen-bond donors (Lipinski definition) is 2. The minimum absolute atomic E-state index is 0.163. The van der Waals surface area contributed by atoms with Gasteiger partial charge in [0, 0.05) is 5.57 Å². The summed E-state index contributed by atoms with van der Waals surface area (Å²) in [4.78, 5) is 36.7. The van der Waals surface area contributed by atoms with Gasteiger partial charge < -0.3 is 9.72 Å².